The molecule has 0 aromatic heterocycles. The van der Waals surface area contributed by atoms with Crippen LogP contribution in [0.4, 0.5) is 4.39 Å². The molecule has 1 aliphatic heterocycles. The van der Waals surface area contributed by atoms with E-state index in [9.17, 15) is 17.6 Å². The second-order valence-corrected chi connectivity index (χ2v) is 11.3. The van der Waals surface area contributed by atoms with Gasteiger partial charge in [0.2, 0.25) is 5.90 Å². The van der Waals surface area contributed by atoms with E-state index in [2.05, 4.69) is 10.3 Å². The number of hydrogen-bond donors (Lipinski definition) is 2. The van der Waals surface area contributed by atoms with Crippen LogP contribution in [0.1, 0.15) is 24.0 Å². The minimum atomic E-state index is -3.68. The van der Waals surface area contributed by atoms with Gasteiger partial charge in [-0.15, -0.1) is 0 Å². The molecule has 1 aliphatic rings. The first-order valence-corrected chi connectivity index (χ1v) is 14.3. The monoisotopic (exact) mass is 554 g/mol. The molecule has 0 bridgehead atoms. The van der Waals surface area contributed by atoms with Crippen LogP contribution in [0.5, 0.6) is 5.75 Å². The van der Waals surface area contributed by atoms with Gasteiger partial charge in [-0.1, -0.05) is 36.4 Å². The van der Waals surface area contributed by atoms with Crippen molar-refractivity contribution in [3.8, 4) is 5.75 Å². The average molecular weight is 555 g/mol. The number of sulfone groups is 1. The first-order chi connectivity index (χ1) is 18.8. The molecule has 0 unspecified atom stereocenters. The zero-order valence-corrected chi connectivity index (χ0v) is 22.2. The van der Waals surface area contributed by atoms with Crippen molar-refractivity contribution >= 4 is 21.6 Å². The van der Waals surface area contributed by atoms with Gasteiger partial charge >= 0.3 is 0 Å². The fourth-order valence-electron chi connectivity index (χ4n) is 4.13. The Bertz CT molecular complexity index is 1400. The summed E-state index contributed by atoms with van der Waals surface area (Å²) >= 11 is 0. The summed E-state index contributed by atoms with van der Waals surface area (Å²) in [5, 5.41) is 11.7. The summed E-state index contributed by atoms with van der Waals surface area (Å²) in [6.45, 7) is 0.428. The van der Waals surface area contributed by atoms with E-state index in [1.807, 2.05) is 0 Å². The van der Waals surface area contributed by atoms with Crippen LogP contribution < -0.4 is 10.1 Å². The number of nitrogens with zero attached hydrogens (tertiary/aromatic N) is 1. The van der Waals surface area contributed by atoms with Crippen LogP contribution in [-0.4, -0.2) is 63.0 Å². The van der Waals surface area contributed by atoms with Gasteiger partial charge in [-0.3, -0.25) is 4.79 Å². The number of nitrogens with one attached hydrogen (secondary N) is 1. The molecule has 4 rings (SSSR count). The number of rotatable bonds is 13. The lowest BCUT2D eigenvalue weighted by atomic mass is 9.97. The number of aliphatic imine (C=N–C) groups is 1. The van der Waals surface area contributed by atoms with Gasteiger partial charge in [0.15, 0.2) is 15.4 Å². The lowest BCUT2D eigenvalue weighted by molar-refractivity contribution is -0.126. The second-order valence-electron chi connectivity index (χ2n) is 9.17. The topological polar surface area (TPSA) is 114 Å². The van der Waals surface area contributed by atoms with Gasteiger partial charge in [0.1, 0.15) is 18.2 Å². The normalized spacial score (nSPS) is 16.8. The van der Waals surface area contributed by atoms with Crippen LogP contribution in [0, 0.1) is 5.82 Å². The first kappa shape index (κ1) is 28.3. The number of amides is 1. The average Bonchev–Trinajstić information content (AvgIpc) is 3.40. The molecule has 0 saturated heterocycles. The highest BCUT2D eigenvalue weighted by molar-refractivity contribution is 7.91. The summed E-state index contributed by atoms with van der Waals surface area (Å²) in [6, 6.07) is 21.3. The smallest absolute Gasteiger partial charge is 0.251 e. The van der Waals surface area contributed by atoms with E-state index in [1.165, 1.54) is 18.2 Å². The summed E-state index contributed by atoms with van der Waals surface area (Å²) in [5.41, 5.74) is -0.397. The van der Waals surface area contributed by atoms with Crippen molar-refractivity contribution in [3.05, 3.63) is 95.8 Å². The van der Waals surface area contributed by atoms with E-state index < -0.39 is 21.3 Å². The number of aliphatic hydroxyl groups is 1. The van der Waals surface area contributed by atoms with Gasteiger partial charge in [0.25, 0.3) is 5.91 Å². The molecule has 8 nitrogen and oxygen atoms in total. The summed E-state index contributed by atoms with van der Waals surface area (Å²) in [6.07, 6.45) is 0.686. The number of carbonyl (C=O) groups excluding carboxylic acids is 1. The molecule has 1 heterocycles. The van der Waals surface area contributed by atoms with Crippen molar-refractivity contribution in [1.82, 2.24) is 5.32 Å². The van der Waals surface area contributed by atoms with E-state index in [-0.39, 0.29) is 55.0 Å². The van der Waals surface area contributed by atoms with Crippen LogP contribution in [0.25, 0.3) is 0 Å². The van der Waals surface area contributed by atoms with Gasteiger partial charge in [-0.25, -0.2) is 17.8 Å². The maximum Gasteiger partial charge on any atom is 0.251 e. The first-order valence-electron chi connectivity index (χ1n) is 12.7. The van der Waals surface area contributed by atoms with Crippen LogP contribution in [0.3, 0.4) is 0 Å². The third-order valence-corrected chi connectivity index (χ3v) is 8.11. The molecule has 206 valence electrons. The van der Waals surface area contributed by atoms with Crippen LogP contribution in [-0.2, 0) is 25.8 Å². The van der Waals surface area contributed by atoms with Crippen molar-refractivity contribution in [1.29, 1.82) is 0 Å². The Balaban J connectivity index is 1.52. The second kappa shape index (κ2) is 12.9. The van der Waals surface area contributed by atoms with Gasteiger partial charge < -0.3 is 19.9 Å². The Labute approximate surface area is 227 Å². The molecule has 1 atom stereocenters. The zero-order chi connectivity index (χ0) is 27.7. The number of halogens is 1. The van der Waals surface area contributed by atoms with Gasteiger partial charge in [-0.2, -0.15) is 0 Å². The van der Waals surface area contributed by atoms with E-state index in [4.69, 9.17) is 14.6 Å². The fraction of sp³-hybridized carbons (Fsp3) is 0.310. The van der Waals surface area contributed by atoms with Crippen molar-refractivity contribution in [3.63, 3.8) is 0 Å². The molecule has 3 aromatic rings. The SMILES string of the molecule is O=C(NCCc1ccccc1F)[C@@]1(CCS(=O)(=O)c2ccccc2)COC(c2ccc(OCCCO)cc2)=N1. The van der Waals surface area contributed by atoms with Crippen molar-refractivity contribution in [2.24, 2.45) is 4.99 Å². The zero-order valence-electron chi connectivity index (χ0n) is 21.4. The Morgan fingerprint density at radius 2 is 1.77 bits per heavy atom. The molecule has 0 radical (unpaired) electrons. The van der Waals surface area contributed by atoms with Gasteiger partial charge in [0.05, 0.1) is 17.3 Å². The molecule has 1 amide bonds. The van der Waals surface area contributed by atoms with Gasteiger partial charge in [0, 0.05) is 25.1 Å². The number of ether oxygens (including phenoxy) is 2. The summed E-state index contributed by atoms with van der Waals surface area (Å²) in [5.74, 6) is -0.324. The number of carbonyl (C=O) groups is 1. The van der Waals surface area contributed by atoms with E-state index in [0.717, 1.165) is 0 Å². The number of aliphatic hydroxyl groups excluding tert-OH is 1. The Morgan fingerprint density at radius 3 is 2.49 bits per heavy atom. The highest BCUT2D eigenvalue weighted by Crippen LogP contribution is 2.28. The molecule has 0 saturated carbocycles. The molecule has 0 aliphatic carbocycles. The molecule has 2 N–H and O–H groups in total. The standard InChI is InChI=1S/C29H31FN2O6S/c30-26-10-5-4-7-22(26)15-17-31-28(34)29(16-20-39(35,36)25-8-2-1-3-9-25)21-38-27(32-29)23-11-13-24(14-12-23)37-19-6-18-33/h1-5,7-14,33H,6,15-21H2,(H,31,34)/t29-/m1/s1. The van der Waals surface area contributed by atoms with E-state index in [0.29, 0.717) is 29.9 Å². The van der Waals surface area contributed by atoms with Crippen LogP contribution in [0.15, 0.2) is 88.8 Å². The Hall–Kier alpha value is -3.76. The van der Waals surface area contributed by atoms with Crippen molar-refractivity contribution in [2.45, 2.75) is 29.7 Å². The predicted molar refractivity (Wildman–Crippen MR) is 145 cm³/mol. The lowest BCUT2D eigenvalue weighted by Crippen LogP contribution is -2.48. The van der Waals surface area contributed by atoms with Crippen molar-refractivity contribution < 1.29 is 32.2 Å². The fourth-order valence-corrected chi connectivity index (χ4v) is 5.54. The summed E-state index contributed by atoms with van der Waals surface area (Å²) in [7, 11) is -3.68. The number of hydrogen-bond acceptors (Lipinski definition) is 7. The molecular formula is C29H31FN2O6S. The number of benzene rings is 3. The van der Waals surface area contributed by atoms with Crippen LogP contribution >= 0.6 is 0 Å². The molecule has 3 aromatic carbocycles. The highest BCUT2D eigenvalue weighted by Gasteiger charge is 2.45. The minimum absolute atomic E-state index is 0.0349. The largest absolute Gasteiger partial charge is 0.494 e. The minimum Gasteiger partial charge on any atom is -0.494 e. The molecule has 10 heteroatoms. The predicted octanol–water partition coefficient (Wildman–Crippen LogP) is 3.33. The lowest BCUT2D eigenvalue weighted by Gasteiger charge is -2.23. The molecule has 0 spiro atoms. The maximum atomic E-state index is 14.0. The van der Waals surface area contributed by atoms with E-state index >= 15 is 0 Å². The van der Waals surface area contributed by atoms with E-state index in [1.54, 1.807) is 60.7 Å². The molecule has 0 fully saturated rings. The quantitative estimate of drug-likeness (QED) is 0.314. The maximum absolute atomic E-state index is 14.0. The third-order valence-electron chi connectivity index (χ3n) is 6.38. The molecule has 39 heavy (non-hydrogen) atoms. The summed E-state index contributed by atoms with van der Waals surface area (Å²) in [4.78, 5) is 18.2. The Kier molecular flexibility index (Phi) is 9.32. The van der Waals surface area contributed by atoms with Crippen LogP contribution in [0.2, 0.25) is 0 Å². The third kappa shape index (κ3) is 7.21. The highest BCUT2D eigenvalue weighted by atomic mass is 32.2. The molecular weight excluding hydrogens is 523 g/mol. The van der Waals surface area contributed by atoms with Crippen molar-refractivity contribution in [2.75, 3.05) is 32.1 Å². The van der Waals surface area contributed by atoms with Gasteiger partial charge in [-0.05, 0) is 60.9 Å². The Morgan fingerprint density at radius 1 is 1.05 bits per heavy atom. The summed E-state index contributed by atoms with van der Waals surface area (Å²) < 4.78 is 51.4.